The van der Waals surface area contributed by atoms with Crippen LogP contribution < -0.4 is 4.90 Å². The second-order valence-electron chi connectivity index (χ2n) is 8.16. The summed E-state index contributed by atoms with van der Waals surface area (Å²) in [5, 5.41) is 12.0. The molecule has 0 bridgehead atoms. The van der Waals surface area contributed by atoms with E-state index < -0.39 is 28.8 Å². The molecule has 192 valence electrons. The number of likely N-dealkylation sites (N-methyl/N-ethyl adjacent to an activating group) is 1. The quantitative estimate of drug-likeness (QED) is 0.228. The largest absolute Gasteiger partial charge is 0.416 e. The molecule has 2 aromatic rings. The Labute approximate surface area is 217 Å². The molecule has 0 aliphatic carbocycles. The predicted molar refractivity (Wildman–Crippen MR) is 135 cm³/mol. The van der Waals surface area contributed by atoms with Crippen LogP contribution in [0.5, 0.6) is 0 Å². The van der Waals surface area contributed by atoms with Gasteiger partial charge in [0, 0.05) is 34.4 Å². The van der Waals surface area contributed by atoms with Crippen LogP contribution in [-0.2, 0) is 32.7 Å². The molecule has 10 heteroatoms. The Balaban J connectivity index is 2.17. The van der Waals surface area contributed by atoms with Crippen molar-refractivity contribution in [2.75, 3.05) is 44.5 Å². The first-order valence-corrected chi connectivity index (χ1v) is 12.6. The summed E-state index contributed by atoms with van der Waals surface area (Å²) >= 11 is 1.81. The first-order chi connectivity index (χ1) is 16.6. The Kier molecular flexibility index (Phi) is 9.19. The number of ether oxygens (including phenoxy) is 2. The van der Waals surface area contributed by atoms with Crippen LogP contribution in [0.2, 0.25) is 0 Å². The number of hydrogen-bond donors (Lipinski definition) is 1. The molecule has 1 atom stereocenters. The van der Waals surface area contributed by atoms with Crippen LogP contribution in [0.25, 0.3) is 0 Å². The molecule has 1 aliphatic rings. The molecule has 0 saturated carbocycles. The molecule has 0 fully saturated rings. The average Bonchev–Trinajstić information content (AvgIpc) is 3.03. The highest BCUT2D eigenvalue weighted by Crippen LogP contribution is 2.51. The predicted octanol–water partition coefficient (Wildman–Crippen LogP) is 4.74. The number of hydrogen-bond acceptors (Lipinski definition) is 5. The van der Waals surface area contributed by atoms with Gasteiger partial charge in [0.15, 0.2) is 5.60 Å². The summed E-state index contributed by atoms with van der Waals surface area (Å²) in [6.45, 7) is 8.21. The lowest BCUT2D eigenvalue weighted by Gasteiger charge is -2.28. The first kappa shape index (κ1) is 27.9. The summed E-state index contributed by atoms with van der Waals surface area (Å²) < 4.78 is 53.8. The lowest BCUT2D eigenvalue weighted by Crippen LogP contribution is -2.45. The number of carbonyl (C=O) groups is 1. The maximum absolute atomic E-state index is 14.3. The Bertz CT molecular complexity index is 1050. The van der Waals surface area contributed by atoms with Crippen LogP contribution in [0.15, 0.2) is 36.4 Å². The number of benzene rings is 2. The van der Waals surface area contributed by atoms with E-state index in [4.69, 9.17) is 9.47 Å². The van der Waals surface area contributed by atoms with E-state index in [-0.39, 0.29) is 31.2 Å². The third-order valence-electron chi connectivity index (χ3n) is 6.16. The van der Waals surface area contributed by atoms with Crippen molar-refractivity contribution in [3.8, 4) is 0 Å². The van der Waals surface area contributed by atoms with Gasteiger partial charge < -0.3 is 24.4 Å². The third kappa shape index (κ3) is 5.66. The van der Waals surface area contributed by atoms with Gasteiger partial charge >= 0.3 is 6.18 Å². The summed E-state index contributed by atoms with van der Waals surface area (Å²) in [7, 11) is 0. The van der Waals surface area contributed by atoms with Gasteiger partial charge in [-0.2, -0.15) is 13.2 Å². The van der Waals surface area contributed by atoms with Crippen molar-refractivity contribution in [2.24, 2.45) is 0 Å². The molecule has 6 nitrogen and oxygen atoms in total. The minimum Gasteiger partial charge on any atom is -0.372 e. The fourth-order valence-electron chi connectivity index (χ4n) is 4.37. The van der Waals surface area contributed by atoms with Crippen LogP contribution in [0.1, 0.15) is 43.0 Å². The van der Waals surface area contributed by atoms with Crippen molar-refractivity contribution in [2.45, 2.75) is 39.2 Å². The van der Waals surface area contributed by atoms with Gasteiger partial charge in [-0.05, 0) is 60.3 Å². The highest BCUT2D eigenvalue weighted by Gasteiger charge is 2.56. The molecule has 35 heavy (non-hydrogen) atoms. The van der Waals surface area contributed by atoms with Gasteiger partial charge in [-0.3, -0.25) is 4.79 Å². The third-order valence-corrected chi connectivity index (χ3v) is 6.79. The van der Waals surface area contributed by atoms with Gasteiger partial charge in [0.1, 0.15) is 6.79 Å². The number of halogens is 4. The van der Waals surface area contributed by atoms with Crippen LogP contribution in [0, 0.1) is 3.57 Å². The van der Waals surface area contributed by atoms with Crippen molar-refractivity contribution in [3.63, 3.8) is 0 Å². The molecule has 2 aromatic carbocycles. The molecule has 1 unspecified atom stereocenters. The highest BCUT2D eigenvalue weighted by atomic mass is 127. The number of fused-ring (bicyclic) bond motifs is 1. The van der Waals surface area contributed by atoms with Gasteiger partial charge in [-0.1, -0.05) is 38.1 Å². The number of rotatable bonds is 11. The van der Waals surface area contributed by atoms with Crippen LogP contribution >= 0.6 is 22.6 Å². The maximum Gasteiger partial charge on any atom is 0.416 e. The Morgan fingerprint density at radius 1 is 1.11 bits per heavy atom. The summed E-state index contributed by atoms with van der Waals surface area (Å²) in [6.07, 6.45) is -4.77. The maximum atomic E-state index is 14.3. The molecule has 3 rings (SSSR count). The summed E-state index contributed by atoms with van der Waals surface area (Å²) in [4.78, 5) is 17.2. The van der Waals surface area contributed by atoms with Gasteiger partial charge in [0.25, 0.3) is 5.91 Å². The molecule has 0 spiro atoms. The molecule has 1 aliphatic heterocycles. The number of amides is 1. The SMILES string of the molecule is CCOCOCc1ccccc1C1(O)C(=O)N(CCN(CC)CC)c2cc(I)cc(C(F)(F)F)c21. The number of carbonyl (C=O) groups excluding carboxylic acids is 1. The second-order valence-corrected chi connectivity index (χ2v) is 9.40. The molecule has 0 aromatic heterocycles. The number of anilines is 1. The summed E-state index contributed by atoms with van der Waals surface area (Å²) in [6, 6.07) is 8.88. The van der Waals surface area contributed by atoms with Gasteiger partial charge in [-0.25, -0.2) is 0 Å². The van der Waals surface area contributed by atoms with Crippen molar-refractivity contribution in [1.29, 1.82) is 0 Å². The summed E-state index contributed by atoms with van der Waals surface area (Å²) in [5.74, 6) is -0.801. The molecule has 1 N–H and O–H groups in total. The van der Waals surface area contributed by atoms with Gasteiger partial charge in [-0.15, -0.1) is 0 Å². The Morgan fingerprint density at radius 3 is 2.43 bits per heavy atom. The van der Waals surface area contributed by atoms with Crippen molar-refractivity contribution in [3.05, 3.63) is 62.2 Å². The standard InChI is InChI=1S/C25H30F3IN2O4/c1-4-30(5-2)11-12-31-21-14-18(29)13-20(25(26,27)28)22(21)24(33,23(31)32)19-10-8-7-9-17(19)15-35-16-34-6-3/h7-10,13-14,33H,4-6,11-12,15-16H2,1-3H3. The van der Waals surface area contributed by atoms with E-state index >= 15 is 0 Å². The van der Waals surface area contributed by atoms with E-state index in [0.29, 0.717) is 22.3 Å². The van der Waals surface area contributed by atoms with E-state index in [1.54, 1.807) is 25.1 Å². The minimum absolute atomic E-state index is 0.0181. The fourth-order valence-corrected chi connectivity index (χ4v) is 4.97. The average molecular weight is 606 g/mol. The first-order valence-electron chi connectivity index (χ1n) is 11.5. The molecule has 0 saturated heterocycles. The zero-order chi connectivity index (χ0) is 25.8. The number of aliphatic hydroxyl groups is 1. The van der Waals surface area contributed by atoms with Crippen molar-refractivity contribution >= 4 is 34.2 Å². The van der Waals surface area contributed by atoms with Crippen molar-refractivity contribution < 1.29 is 32.5 Å². The molecular weight excluding hydrogens is 576 g/mol. The zero-order valence-electron chi connectivity index (χ0n) is 20.0. The van der Waals surface area contributed by atoms with E-state index in [1.807, 2.05) is 36.4 Å². The number of nitrogens with zero attached hydrogens (tertiary/aromatic N) is 2. The molecular formula is C25H30F3IN2O4. The second kappa shape index (κ2) is 11.5. The zero-order valence-corrected chi connectivity index (χ0v) is 22.1. The smallest absolute Gasteiger partial charge is 0.372 e. The minimum atomic E-state index is -4.77. The lowest BCUT2D eigenvalue weighted by molar-refractivity contribution is -0.142. The lowest BCUT2D eigenvalue weighted by atomic mass is 9.82. The normalized spacial score (nSPS) is 18.0. The fraction of sp³-hybridized carbons (Fsp3) is 0.480. The van der Waals surface area contributed by atoms with E-state index in [9.17, 15) is 23.1 Å². The topological polar surface area (TPSA) is 62.2 Å². The Hall–Kier alpha value is -1.73. The van der Waals surface area contributed by atoms with Crippen molar-refractivity contribution in [1.82, 2.24) is 4.90 Å². The Morgan fingerprint density at radius 2 is 1.80 bits per heavy atom. The molecule has 1 heterocycles. The molecule has 0 radical (unpaired) electrons. The van der Waals surface area contributed by atoms with Crippen LogP contribution in [0.3, 0.4) is 0 Å². The van der Waals surface area contributed by atoms with E-state index in [1.165, 1.54) is 17.0 Å². The van der Waals surface area contributed by atoms with E-state index in [2.05, 4.69) is 4.90 Å². The molecule has 1 amide bonds. The monoisotopic (exact) mass is 606 g/mol. The van der Waals surface area contributed by atoms with Crippen LogP contribution in [0.4, 0.5) is 18.9 Å². The highest BCUT2D eigenvalue weighted by molar-refractivity contribution is 14.1. The van der Waals surface area contributed by atoms with Crippen LogP contribution in [-0.4, -0.2) is 55.5 Å². The number of alkyl halides is 3. The summed E-state index contributed by atoms with van der Waals surface area (Å²) in [5.41, 5.74) is -3.42. The van der Waals surface area contributed by atoms with Gasteiger partial charge in [0.2, 0.25) is 0 Å². The van der Waals surface area contributed by atoms with E-state index in [0.717, 1.165) is 19.2 Å². The van der Waals surface area contributed by atoms with Gasteiger partial charge in [0.05, 0.1) is 17.9 Å².